The molecule has 1 rings (SSSR count). The molecule has 0 radical (unpaired) electrons. The van der Waals surface area contributed by atoms with E-state index in [1.54, 1.807) is 12.1 Å². The number of rotatable bonds is 6. The fraction of sp³-hybridized carbons (Fsp3) is 0.571. The molecule has 0 aliphatic heterocycles. The lowest BCUT2D eigenvalue weighted by molar-refractivity contribution is 0.359. The minimum Gasteiger partial charge on any atom is -0.317 e. The molecule has 3 heteroatoms. The van der Waals surface area contributed by atoms with Gasteiger partial charge in [-0.05, 0) is 49.0 Å². The minimum absolute atomic E-state index is 0.195. The molecule has 0 aliphatic rings. The normalized spacial score (nSPS) is 13.1. The smallest absolute Gasteiger partial charge is 0.127 e. The van der Waals surface area contributed by atoms with Crippen LogP contribution >= 0.6 is 11.6 Å². The highest BCUT2D eigenvalue weighted by Crippen LogP contribution is 2.21. The van der Waals surface area contributed by atoms with E-state index in [0.717, 1.165) is 25.1 Å². The van der Waals surface area contributed by atoms with E-state index in [0.29, 0.717) is 16.9 Å². The van der Waals surface area contributed by atoms with Gasteiger partial charge in [-0.1, -0.05) is 38.4 Å². The van der Waals surface area contributed by atoms with Crippen LogP contribution in [0.5, 0.6) is 0 Å². The SMILES string of the molecule is CCNCC(Cc1ccc(Cl)cc1F)C(C)C. The van der Waals surface area contributed by atoms with E-state index in [1.807, 2.05) is 0 Å². The average molecular weight is 258 g/mol. The van der Waals surface area contributed by atoms with Crippen LogP contribution in [0, 0.1) is 17.7 Å². The van der Waals surface area contributed by atoms with Gasteiger partial charge in [0.2, 0.25) is 0 Å². The van der Waals surface area contributed by atoms with Crippen molar-refractivity contribution in [1.82, 2.24) is 5.32 Å². The summed E-state index contributed by atoms with van der Waals surface area (Å²) in [6.45, 7) is 8.31. The maximum absolute atomic E-state index is 13.7. The van der Waals surface area contributed by atoms with E-state index in [-0.39, 0.29) is 5.82 Å². The highest BCUT2D eigenvalue weighted by atomic mass is 35.5. The van der Waals surface area contributed by atoms with Crippen molar-refractivity contribution in [3.05, 3.63) is 34.6 Å². The molecule has 1 unspecified atom stereocenters. The van der Waals surface area contributed by atoms with E-state index >= 15 is 0 Å². The van der Waals surface area contributed by atoms with Gasteiger partial charge in [0.25, 0.3) is 0 Å². The summed E-state index contributed by atoms with van der Waals surface area (Å²) in [5, 5.41) is 3.79. The maximum Gasteiger partial charge on any atom is 0.127 e. The van der Waals surface area contributed by atoms with Gasteiger partial charge >= 0.3 is 0 Å². The molecular weight excluding hydrogens is 237 g/mol. The standard InChI is InChI=1S/C14H21ClFN/c1-4-17-9-12(10(2)3)7-11-5-6-13(15)8-14(11)16/h5-6,8,10,12,17H,4,7,9H2,1-3H3. The quantitative estimate of drug-likeness (QED) is 0.815. The monoisotopic (exact) mass is 257 g/mol. The van der Waals surface area contributed by atoms with Crippen molar-refractivity contribution >= 4 is 11.6 Å². The first-order valence-electron chi connectivity index (χ1n) is 6.19. The zero-order valence-electron chi connectivity index (χ0n) is 10.8. The van der Waals surface area contributed by atoms with Crippen molar-refractivity contribution in [2.24, 2.45) is 11.8 Å². The second kappa shape index (κ2) is 6.97. The van der Waals surface area contributed by atoms with Crippen molar-refractivity contribution in [3.63, 3.8) is 0 Å². The summed E-state index contributed by atoms with van der Waals surface area (Å²) >= 11 is 5.75. The van der Waals surface area contributed by atoms with Gasteiger partial charge in [0, 0.05) is 5.02 Å². The molecule has 0 bridgehead atoms. The third kappa shape index (κ3) is 4.64. The van der Waals surface area contributed by atoms with Crippen LogP contribution in [0.25, 0.3) is 0 Å². The second-order valence-corrected chi connectivity index (χ2v) is 5.19. The highest BCUT2D eigenvalue weighted by Gasteiger charge is 2.15. The summed E-state index contributed by atoms with van der Waals surface area (Å²) in [5.41, 5.74) is 0.756. The molecule has 1 N–H and O–H groups in total. The Morgan fingerprint density at radius 1 is 1.35 bits per heavy atom. The largest absolute Gasteiger partial charge is 0.317 e. The van der Waals surface area contributed by atoms with Crippen LogP contribution in [0.2, 0.25) is 5.02 Å². The first kappa shape index (κ1) is 14.5. The number of hydrogen-bond acceptors (Lipinski definition) is 1. The van der Waals surface area contributed by atoms with Gasteiger partial charge in [0.15, 0.2) is 0 Å². The first-order valence-corrected chi connectivity index (χ1v) is 6.57. The molecule has 0 spiro atoms. The van der Waals surface area contributed by atoms with Crippen LogP contribution in [0.3, 0.4) is 0 Å². The molecule has 17 heavy (non-hydrogen) atoms. The summed E-state index contributed by atoms with van der Waals surface area (Å²) in [4.78, 5) is 0. The molecule has 1 nitrogen and oxygen atoms in total. The third-order valence-electron chi connectivity index (χ3n) is 3.10. The Morgan fingerprint density at radius 2 is 2.06 bits per heavy atom. The van der Waals surface area contributed by atoms with Gasteiger partial charge in [0.1, 0.15) is 5.82 Å². The van der Waals surface area contributed by atoms with E-state index in [4.69, 9.17) is 11.6 Å². The van der Waals surface area contributed by atoms with Crippen molar-refractivity contribution < 1.29 is 4.39 Å². The van der Waals surface area contributed by atoms with Gasteiger partial charge in [-0.3, -0.25) is 0 Å². The lowest BCUT2D eigenvalue weighted by Crippen LogP contribution is -2.27. The minimum atomic E-state index is -0.195. The van der Waals surface area contributed by atoms with Gasteiger partial charge in [-0.15, -0.1) is 0 Å². The molecule has 0 amide bonds. The predicted molar refractivity (Wildman–Crippen MR) is 72.0 cm³/mol. The number of halogens is 2. The Hall–Kier alpha value is -0.600. The summed E-state index contributed by atoms with van der Waals surface area (Å²) in [7, 11) is 0. The fourth-order valence-corrected chi connectivity index (χ4v) is 2.00. The van der Waals surface area contributed by atoms with Crippen molar-refractivity contribution in [2.45, 2.75) is 27.2 Å². The predicted octanol–water partition coefficient (Wildman–Crippen LogP) is 3.90. The van der Waals surface area contributed by atoms with Crippen molar-refractivity contribution in [2.75, 3.05) is 13.1 Å². The Labute approximate surface area is 108 Å². The van der Waals surface area contributed by atoms with E-state index < -0.39 is 0 Å². The zero-order chi connectivity index (χ0) is 12.8. The number of hydrogen-bond donors (Lipinski definition) is 1. The Kier molecular flexibility index (Phi) is 5.93. The summed E-state index contributed by atoms with van der Waals surface area (Å²) in [6.07, 6.45) is 0.758. The zero-order valence-corrected chi connectivity index (χ0v) is 11.5. The van der Waals surface area contributed by atoms with Crippen LogP contribution in [0.1, 0.15) is 26.3 Å². The molecule has 0 aliphatic carbocycles. The lowest BCUT2D eigenvalue weighted by atomic mass is 9.89. The number of nitrogens with one attached hydrogen (secondary N) is 1. The molecule has 0 heterocycles. The van der Waals surface area contributed by atoms with Crippen LogP contribution in [-0.4, -0.2) is 13.1 Å². The first-order chi connectivity index (χ1) is 8.04. The topological polar surface area (TPSA) is 12.0 Å². The molecule has 0 aromatic heterocycles. The molecule has 0 saturated carbocycles. The summed E-state index contributed by atoms with van der Waals surface area (Å²) in [6, 6.07) is 4.94. The highest BCUT2D eigenvalue weighted by molar-refractivity contribution is 6.30. The van der Waals surface area contributed by atoms with Crippen LogP contribution in [0.15, 0.2) is 18.2 Å². The van der Waals surface area contributed by atoms with E-state index in [2.05, 4.69) is 26.1 Å². The summed E-state index contributed by atoms with van der Waals surface area (Å²) in [5.74, 6) is 0.786. The van der Waals surface area contributed by atoms with Crippen molar-refractivity contribution in [1.29, 1.82) is 0 Å². The van der Waals surface area contributed by atoms with Crippen LogP contribution in [-0.2, 0) is 6.42 Å². The molecule has 1 atom stereocenters. The summed E-state index contributed by atoms with van der Waals surface area (Å²) < 4.78 is 13.7. The van der Waals surface area contributed by atoms with Gasteiger partial charge in [0.05, 0.1) is 0 Å². The molecular formula is C14H21ClFN. The van der Waals surface area contributed by atoms with E-state index in [1.165, 1.54) is 6.07 Å². The fourth-order valence-electron chi connectivity index (χ4n) is 1.84. The molecule has 96 valence electrons. The Morgan fingerprint density at radius 3 is 2.59 bits per heavy atom. The average Bonchev–Trinajstić information content (AvgIpc) is 2.26. The molecule has 1 aromatic carbocycles. The van der Waals surface area contributed by atoms with Crippen LogP contribution in [0.4, 0.5) is 4.39 Å². The van der Waals surface area contributed by atoms with Gasteiger partial charge < -0.3 is 5.32 Å². The maximum atomic E-state index is 13.7. The van der Waals surface area contributed by atoms with Crippen molar-refractivity contribution in [3.8, 4) is 0 Å². The van der Waals surface area contributed by atoms with Gasteiger partial charge in [-0.2, -0.15) is 0 Å². The Bertz CT molecular complexity index is 352. The Balaban J connectivity index is 2.71. The molecule has 1 aromatic rings. The number of benzene rings is 1. The molecule has 0 fully saturated rings. The third-order valence-corrected chi connectivity index (χ3v) is 3.33. The lowest BCUT2D eigenvalue weighted by Gasteiger charge is -2.21. The van der Waals surface area contributed by atoms with Crippen LogP contribution < -0.4 is 5.32 Å². The van der Waals surface area contributed by atoms with Gasteiger partial charge in [-0.25, -0.2) is 4.39 Å². The van der Waals surface area contributed by atoms with E-state index in [9.17, 15) is 4.39 Å². The second-order valence-electron chi connectivity index (χ2n) is 4.75. The molecule has 0 saturated heterocycles.